The minimum atomic E-state index is -0.945. The molecule has 5 heteroatoms. The summed E-state index contributed by atoms with van der Waals surface area (Å²) >= 11 is 0. The first kappa shape index (κ1) is 8.91. The first-order valence-electron chi connectivity index (χ1n) is 4.90. The number of carboxylic acid groups (broad SMARTS) is 1. The summed E-state index contributed by atoms with van der Waals surface area (Å²) in [6, 6.07) is 0. The van der Waals surface area contributed by atoms with Crippen LogP contribution in [0.15, 0.2) is 12.2 Å². The van der Waals surface area contributed by atoms with Crippen molar-refractivity contribution in [2.75, 3.05) is 13.6 Å². The molecule has 2 fully saturated rings. The molecule has 4 atom stereocenters. The SMILES string of the molecule is CN1C[C@@]23C=C[C@H](O2)[C@H](C(=O)O)[C@@H]3C1=O. The van der Waals surface area contributed by atoms with Gasteiger partial charge in [0.25, 0.3) is 0 Å². The number of carbonyl (C=O) groups is 2. The van der Waals surface area contributed by atoms with Gasteiger partial charge in [-0.25, -0.2) is 0 Å². The highest BCUT2D eigenvalue weighted by atomic mass is 16.5. The molecular formula is C10H11NO4. The van der Waals surface area contributed by atoms with Crippen molar-refractivity contribution in [3.63, 3.8) is 0 Å². The van der Waals surface area contributed by atoms with E-state index in [0.29, 0.717) is 6.54 Å². The van der Waals surface area contributed by atoms with Gasteiger partial charge >= 0.3 is 5.97 Å². The van der Waals surface area contributed by atoms with Crippen LogP contribution in [0.5, 0.6) is 0 Å². The molecule has 2 bridgehead atoms. The first-order valence-corrected chi connectivity index (χ1v) is 4.90. The number of fused-ring (bicyclic) bond motifs is 1. The predicted molar refractivity (Wildman–Crippen MR) is 49.0 cm³/mol. The molecule has 1 N–H and O–H groups in total. The summed E-state index contributed by atoms with van der Waals surface area (Å²) in [7, 11) is 1.68. The number of aliphatic carboxylic acids is 1. The number of likely N-dealkylation sites (N-methyl/N-ethyl adjacent to an activating group) is 1. The van der Waals surface area contributed by atoms with Gasteiger partial charge in [0, 0.05) is 7.05 Å². The van der Waals surface area contributed by atoms with E-state index in [-0.39, 0.29) is 5.91 Å². The van der Waals surface area contributed by atoms with Gasteiger partial charge in [-0.1, -0.05) is 12.2 Å². The molecule has 80 valence electrons. The standard InChI is InChI=1S/C10H11NO4/c1-11-4-10-3-2-5(15-10)6(9(13)14)7(10)8(11)12/h2-3,5-7H,4H2,1H3,(H,13,14)/t5-,6-,7+,10+/m0/s1. The average molecular weight is 209 g/mol. The number of likely N-dealkylation sites (tertiary alicyclic amines) is 1. The van der Waals surface area contributed by atoms with E-state index in [9.17, 15) is 9.59 Å². The maximum atomic E-state index is 11.8. The summed E-state index contributed by atoms with van der Waals surface area (Å²) in [5.41, 5.74) is -0.667. The quantitative estimate of drug-likeness (QED) is 0.590. The van der Waals surface area contributed by atoms with Gasteiger partial charge in [0.05, 0.1) is 18.6 Å². The smallest absolute Gasteiger partial charge is 0.310 e. The van der Waals surface area contributed by atoms with E-state index in [2.05, 4.69) is 0 Å². The first-order chi connectivity index (χ1) is 7.05. The minimum absolute atomic E-state index is 0.116. The van der Waals surface area contributed by atoms with Crippen LogP contribution in [0.4, 0.5) is 0 Å². The molecule has 3 aliphatic heterocycles. The Kier molecular flexibility index (Phi) is 1.43. The Hall–Kier alpha value is -1.36. The lowest BCUT2D eigenvalue weighted by atomic mass is 9.77. The molecule has 0 aromatic heterocycles. The van der Waals surface area contributed by atoms with Crippen molar-refractivity contribution >= 4 is 11.9 Å². The lowest BCUT2D eigenvalue weighted by Crippen LogP contribution is -2.38. The van der Waals surface area contributed by atoms with E-state index in [1.54, 1.807) is 18.0 Å². The molecule has 0 unspecified atom stereocenters. The monoisotopic (exact) mass is 209 g/mol. The van der Waals surface area contributed by atoms with Crippen molar-refractivity contribution in [3.05, 3.63) is 12.2 Å². The number of amides is 1. The van der Waals surface area contributed by atoms with Crippen LogP contribution in [0.3, 0.4) is 0 Å². The van der Waals surface area contributed by atoms with Gasteiger partial charge in [-0.3, -0.25) is 9.59 Å². The van der Waals surface area contributed by atoms with Crippen molar-refractivity contribution in [3.8, 4) is 0 Å². The van der Waals surface area contributed by atoms with Crippen LogP contribution in [0.1, 0.15) is 0 Å². The van der Waals surface area contributed by atoms with Crippen molar-refractivity contribution < 1.29 is 19.4 Å². The van der Waals surface area contributed by atoms with E-state index in [0.717, 1.165) is 0 Å². The van der Waals surface area contributed by atoms with Gasteiger partial charge in [0.2, 0.25) is 5.91 Å². The van der Waals surface area contributed by atoms with Crippen molar-refractivity contribution in [1.82, 2.24) is 4.90 Å². The van der Waals surface area contributed by atoms with Crippen LogP contribution >= 0.6 is 0 Å². The van der Waals surface area contributed by atoms with Gasteiger partial charge in [0.15, 0.2) is 0 Å². The summed E-state index contributed by atoms with van der Waals surface area (Å²) in [6.45, 7) is 0.466. The van der Waals surface area contributed by atoms with Gasteiger partial charge in [-0.05, 0) is 0 Å². The summed E-state index contributed by atoms with van der Waals surface area (Å²) in [4.78, 5) is 24.5. The molecule has 1 amide bonds. The summed E-state index contributed by atoms with van der Waals surface area (Å²) in [6.07, 6.45) is 3.19. The molecule has 3 heterocycles. The van der Waals surface area contributed by atoms with Gasteiger partial charge in [0.1, 0.15) is 11.5 Å². The fourth-order valence-corrected chi connectivity index (χ4v) is 2.97. The third-order valence-corrected chi connectivity index (χ3v) is 3.57. The number of hydrogen-bond acceptors (Lipinski definition) is 3. The average Bonchev–Trinajstić information content (AvgIpc) is 2.75. The summed E-state index contributed by atoms with van der Waals surface area (Å²) in [5, 5.41) is 9.10. The van der Waals surface area contributed by atoms with E-state index >= 15 is 0 Å². The molecule has 1 spiro atoms. The van der Waals surface area contributed by atoms with Crippen LogP contribution < -0.4 is 0 Å². The Morgan fingerprint density at radius 1 is 1.73 bits per heavy atom. The Labute approximate surface area is 86.3 Å². The molecule has 0 aliphatic carbocycles. The van der Waals surface area contributed by atoms with E-state index in [1.165, 1.54) is 0 Å². The molecule has 0 aromatic carbocycles. The Balaban J connectivity index is 2.08. The summed E-state index contributed by atoms with van der Waals surface area (Å²) in [5.74, 6) is -2.31. The zero-order valence-corrected chi connectivity index (χ0v) is 8.21. The molecule has 2 saturated heterocycles. The Morgan fingerprint density at radius 2 is 2.47 bits per heavy atom. The van der Waals surface area contributed by atoms with Crippen LogP contribution in [-0.4, -0.2) is 47.2 Å². The van der Waals surface area contributed by atoms with Crippen molar-refractivity contribution in [2.45, 2.75) is 11.7 Å². The maximum Gasteiger partial charge on any atom is 0.310 e. The second kappa shape index (κ2) is 2.41. The highest BCUT2D eigenvalue weighted by Crippen LogP contribution is 2.51. The number of hydrogen-bond donors (Lipinski definition) is 1. The summed E-state index contributed by atoms with van der Waals surface area (Å²) < 4.78 is 5.64. The molecule has 15 heavy (non-hydrogen) atoms. The Morgan fingerprint density at radius 3 is 3.13 bits per heavy atom. The highest BCUT2D eigenvalue weighted by molar-refractivity contribution is 5.90. The molecular weight excluding hydrogens is 198 g/mol. The van der Waals surface area contributed by atoms with Crippen LogP contribution in [0, 0.1) is 11.8 Å². The molecule has 3 rings (SSSR count). The zero-order valence-electron chi connectivity index (χ0n) is 8.21. The van der Waals surface area contributed by atoms with E-state index < -0.39 is 29.5 Å². The van der Waals surface area contributed by atoms with Gasteiger partial charge in [-0.15, -0.1) is 0 Å². The van der Waals surface area contributed by atoms with Gasteiger partial charge in [-0.2, -0.15) is 0 Å². The fourth-order valence-electron chi connectivity index (χ4n) is 2.97. The Bertz CT molecular complexity index is 391. The molecule has 3 aliphatic rings. The number of rotatable bonds is 1. The second-order valence-electron chi connectivity index (χ2n) is 4.43. The van der Waals surface area contributed by atoms with E-state index in [4.69, 9.17) is 9.84 Å². The largest absolute Gasteiger partial charge is 0.481 e. The highest BCUT2D eigenvalue weighted by Gasteiger charge is 2.66. The topological polar surface area (TPSA) is 66.8 Å². The number of nitrogens with zero attached hydrogens (tertiary/aromatic N) is 1. The molecule has 0 aromatic rings. The normalized spacial score (nSPS) is 46.3. The van der Waals surface area contributed by atoms with E-state index in [1.807, 2.05) is 6.08 Å². The molecule has 0 saturated carbocycles. The number of carboxylic acids is 1. The fraction of sp³-hybridized carbons (Fsp3) is 0.600. The van der Waals surface area contributed by atoms with Crippen LogP contribution in [0.25, 0.3) is 0 Å². The number of ether oxygens (including phenoxy) is 1. The van der Waals surface area contributed by atoms with Crippen molar-refractivity contribution in [2.24, 2.45) is 11.8 Å². The number of carbonyl (C=O) groups excluding carboxylic acids is 1. The molecule has 0 radical (unpaired) electrons. The molecule has 5 nitrogen and oxygen atoms in total. The van der Waals surface area contributed by atoms with Crippen molar-refractivity contribution in [1.29, 1.82) is 0 Å². The van der Waals surface area contributed by atoms with Gasteiger partial charge < -0.3 is 14.7 Å². The van der Waals surface area contributed by atoms with Crippen LogP contribution in [-0.2, 0) is 14.3 Å². The third kappa shape index (κ3) is 0.866. The lowest BCUT2D eigenvalue weighted by molar-refractivity contribution is -0.147. The maximum absolute atomic E-state index is 11.8. The second-order valence-corrected chi connectivity index (χ2v) is 4.43. The zero-order chi connectivity index (χ0) is 10.8. The van der Waals surface area contributed by atoms with Crippen LogP contribution in [0.2, 0.25) is 0 Å². The minimum Gasteiger partial charge on any atom is -0.481 e. The third-order valence-electron chi connectivity index (χ3n) is 3.57. The predicted octanol–water partition coefficient (Wildman–Crippen LogP) is -0.517. The lowest BCUT2D eigenvalue weighted by Gasteiger charge is -2.21.